The van der Waals surface area contributed by atoms with Crippen LogP contribution in [0.3, 0.4) is 0 Å². The van der Waals surface area contributed by atoms with E-state index in [0.717, 1.165) is 12.8 Å². The highest BCUT2D eigenvalue weighted by Gasteiger charge is 2.20. The number of hydrogen-bond acceptors (Lipinski definition) is 2. The van der Waals surface area contributed by atoms with Gasteiger partial charge in [0, 0.05) is 6.42 Å². The van der Waals surface area contributed by atoms with Crippen LogP contribution in [0, 0.1) is 12.8 Å². The molecule has 0 unspecified atom stereocenters. The van der Waals surface area contributed by atoms with E-state index < -0.39 is 12.0 Å². The fourth-order valence-electron chi connectivity index (χ4n) is 2.17. The summed E-state index contributed by atoms with van der Waals surface area (Å²) in [6, 6.07) is 7.45. The van der Waals surface area contributed by atoms with Crippen LogP contribution in [0.2, 0.25) is 0 Å². The first-order chi connectivity index (χ1) is 9.88. The highest BCUT2D eigenvalue weighted by atomic mass is 16.4. The second-order valence-corrected chi connectivity index (χ2v) is 5.93. The predicted molar refractivity (Wildman–Crippen MR) is 83.1 cm³/mol. The van der Waals surface area contributed by atoms with Gasteiger partial charge in [-0.25, -0.2) is 4.79 Å². The topological polar surface area (TPSA) is 66.4 Å². The molecule has 1 amide bonds. The lowest BCUT2D eigenvalue weighted by Crippen LogP contribution is -2.41. The largest absolute Gasteiger partial charge is 0.480 e. The molecule has 0 spiro atoms. The third-order valence-corrected chi connectivity index (χ3v) is 3.33. The molecule has 1 atom stereocenters. The van der Waals surface area contributed by atoms with Gasteiger partial charge in [0.15, 0.2) is 0 Å². The summed E-state index contributed by atoms with van der Waals surface area (Å²) >= 11 is 0. The van der Waals surface area contributed by atoms with Crippen LogP contribution in [0.4, 0.5) is 0 Å². The van der Waals surface area contributed by atoms with E-state index in [-0.39, 0.29) is 11.8 Å². The van der Waals surface area contributed by atoms with Crippen molar-refractivity contribution >= 4 is 11.9 Å². The van der Waals surface area contributed by atoms with E-state index in [0.29, 0.717) is 12.8 Å². The summed E-state index contributed by atoms with van der Waals surface area (Å²) in [6.45, 7) is 5.93. The molecule has 0 aliphatic heterocycles. The van der Waals surface area contributed by atoms with Gasteiger partial charge in [-0.3, -0.25) is 4.79 Å². The van der Waals surface area contributed by atoms with Crippen molar-refractivity contribution < 1.29 is 14.7 Å². The van der Waals surface area contributed by atoms with Crippen molar-refractivity contribution in [3.8, 4) is 0 Å². The van der Waals surface area contributed by atoms with Crippen molar-refractivity contribution in [2.75, 3.05) is 0 Å². The number of aryl methyl sites for hydroxylation is 2. The van der Waals surface area contributed by atoms with Crippen LogP contribution in [0.5, 0.6) is 0 Å². The molecule has 116 valence electrons. The molecule has 21 heavy (non-hydrogen) atoms. The first-order valence-electron chi connectivity index (χ1n) is 7.46. The summed E-state index contributed by atoms with van der Waals surface area (Å²) in [6.07, 6.45) is 2.37. The van der Waals surface area contributed by atoms with Crippen LogP contribution in [0.1, 0.15) is 44.2 Å². The number of nitrogens with one attached hydrogen (secondary N) is 1. The second kappa shape index (κ2) is 8.45. The zero-order valence-electron chi connectivity index (χ0n) is 13.1. The summed E-state index contributed by atoms with van der Waals surface area (Å²) in [5.41, 5.74) is 2.42. The SMILES string of the molecule is Cc1ccc(CCCC(=O)N[C@H](CC(C)C)C(=O)O)cc1. The highest BCUT2D eigenvalue weighted by molar-refractivity contribution is 5.83. The lowest BCUT2D eigenvalue weighted by molar-refractivity contribution is -0.142. The Morgan fingerprint density at radius 1 is 1.19 bits per heavy atom. The van der Waals surface area contributed by atoms with E-state index in [1.807, 2.05) is 20.8 Å². The van der Waals surface area contributed by atoms with Crippen molar-refractivity contribution in [2.45, 2.75) is 52.5 Å². The van der Waals surface area contributed by atoms with E-state index in [4.69, 9.17) is 5.11 Å². The first kappa shape index (κ1) is 17.2. The number of carboxylic acids is 1. The highest BCUT2D eigenvalue weighted by Crippen LogP contribution is 2.08. The van der Waals surface area contributed by atoms with Crippen molar-refractivity contribution in [1.82, 2.24) is 5.32 Å². The van der Waals surface area contributed by atoms with Gasteiger partial charge in [-0.1, -0.05) is 43.7 Å². The smallest absolute Gasteiger partial charge is 0.326 e. The quantitative estimate of drug-likeness (QED) is 0.774. The minimum Gasteiger partial charge on any atom is -0.480 e. The molecule has 1 rings (SSSR count). The van der Waals surface area contributed by atoms with Gasteiger partial charge < -0.3 is 10.4 Å². The molecule has 0 aliphatic rings. The van der Waals surface area contributed by atoms with Gasteiger partial charge in [-0.05, 0) is 37.7 Å². The Morgan fingerprint density at radius 3 is 2.33 bits per heavy atom. The molecular formula is C17H25NO3. The first-order valence-corrected chi connectivity index (χ1v) is 7.46. The molecule has 0 aromatic heterocycles. The molecule has 0 radical (unpaired) electrons. The van der Waals surface area contributed by atoms with Crippen LogP contribution in [-0.2, 0) is 16.0 Å². The maximum atomic E-state index is 11.8. The molecule has 4 nitrogen and oxygen atoms in total. The molecule has 1 aromatic carbocycles. The zero-order chi connectivity index (χ0) is 15.8. The number of benzene rings is 1. The minimum atomic E-state index is -0.962. The van der Waals surface area contributed by atoms with Gasteiger partial charge in [0.25, 0.3) is 0 Å². The molecule has 4 heteroatoms. The average Bonchev–Trinajstić information content (AvgIpc) is 2.39. The van der Waals surface area contributed by atoms with Crippen molar-refractivity contribution in [2.24, 2.45) is 5.92 Å². The Hall–Kier alpha value is -1.84. The number of carbonyl (C=O) groups excluding carboxylic acids is 1. The molecule has 0 fully saturated rings. The Balaban J connectivity index is 2.35. The Morgan fingerprint density at radius 2 is 1.81 bits per heavy atom. The molecule has 1 aromatic rings. The maximum Gasteiger partial charge on any atom is 0.326 e. The summed E-state index contributed by atoms with van der Waals surface area (Å²) in [5, 5.41) is 11.7. The van der Waals surface area contributed by atoms with Crippen molar-refractivity contribution in [3.05, 3.63) is 35.4 Å². The molecule has 0 aliphatic carbocycles. The normalized spacial score (nSPS) is 12.2. The molecule has 0 saturated heterocycles. The third kappa shape index (κ3) is 6.93. The minimum absolute atomic E-state index is 0.185. The number of rotatable bonds is 8. The Labute approximate surface area is 126 Å². The summed E-state index contributed by atoms with van der Waals surface area (Å²) in [7, 11) is 0. The molecule has 0 saturated carbocycles. The number of hydrogen-bond donors (Lipinski definition) is 2. The number of amides is 1. The van der Waals surface area contributed by atoms with Crippen LogP contribution in [0.15, 0.2) is 24.3 Å². The van der Waals surface area contributed by atoms with E-state index in [9.17, 15) is 9.59 Å². The fraction of sp³-hybridized carbons (Fsp3) is 0.529. The second-order valence-electron chi connectivity index (χ2n) is 5.93. The van der Waals surface area contributed by atoms with E-state index in [2.05, 4.69) is 29.6 Å². The van der Waals surface area contributed by atoms with Gasteiger partial charge in [0.1, 0.15) is 6.04 Å². The van der Waals surface area contributed by atoms with E-state index in [1.165, 1.54) is 11.1 Å². The predicted octanol–water partition coefficient (Wildman–Crippen LogP) is 2.93. The van der Waals surface area contributed by atoms with Crippen LogP contribution < -0.4 is 5.32 Å². The van der Waals surface area contributed by atoms with Gasteiger partial charge in [-0.2, -0.15) is 0 Å². The van der Waals surface area contributed by atoms with Gasteiger partial charge in [-0.15, -0.1) is 0 Å². The summed E-state index contributed by atoms with van der Waals surface area (Å²) < 4.78 is 0. The lowest BCUT2D eigenvalue weighted by Gasteiger charge is -2.16. The average molecular weight is 291 g/mol. The third-order valence-electron chi connectivity index (χ3n) is 3.33. The Bertz CT molecular complexity index is 465. The van der Waals surface area contributed by atoms with Crippen LogP contribution >= 0.6 is 0 Å². The van der Waals surface area contributed by atoms with E-state index in [1.54, 1.807) is 0 Å². The monoisotopic (exact) mass is 291 g/mol. The fourth-order valence-corrected chi connectivity index (χ4v) is 2.17. The molecule has 2 N–H and O–H groups in total. The number of carboxylic acid groups (broad SMARTS) is 1. The van der Waals surface area contributed by atoms with E-state index >= 15 is 0 Å². The molecular weight excluding hydrogens is 266 g/mol. The van der Waals surface area contributed by atoms with Gasteiger partial charge >= 0.3 is 5.97 Å². The summed E-state index contributed by atoms with van der Waals surface area (Å²) in [5.74, 6) is -0.912. The van der Waals surface area contributed by atoms with Crippen molar-refractivity contribution in [3.63, 3.8) is 0 Å². The Kier molecular flexibility index (Phi) is 6.92. The standard InChI is InChI=1S/C17H25NO3/c1-12(2)11-15(17(20)21)18-16(19)6-4-5-14-9-7-13(3)8-10-14/h7-10,12,15H,4-6,11H2,1-3H3,(H,18,19)(H,20,21)/t15-/m1/s1. The zero-order valence-corrected chi connectivity index (χ0v) is 13.1. The lowest BCUT2D eigenvalue weighted by atomic mass is 10.0. The number of aliphatic carboxylic acids is 1. The summed E-state index contributed by atoms with van der Waals surface area (Å²) in [4.78, 5) is 22.9. The molecule has 0 bridgehead atoms. The van der Waals surface area contributed by atoms with Gasteiger partial charge in [0.05, 0.1) is 0 Å². The van der Waals surface area contributed by atoms with Gasteiger partial charge in [0.2, 0.25) is 5.91 Å². The van der Waals surface area contributed by atoms with Crippen molar-refractivity contribution in [1.29, 1.82) is 0 Å². The maximum absolute atomic E-state index is 11.8. The molecule has 0 heterocycles. The van der Waals surface area contributed by atoms with Crippen LogP contribution in [-0.4, -0.2) is 23.0 Å². The number of carbonyl (C=O) groups is 2. The van der Waals surface area contributed by atoms with Crippen LogP contribution in [0.25, 0.3) is 0 Å².